The van der Waals surface area contributed by atoms with Crippen molar-refractivity contribution in [2.24, 2.45) is 0 Å². The fourth-order valence-electron chi connectivity index (χ4n) is 3.28. The Morgan fingerprint density at radius 1 is 1.07 bits per heavy atom. The molecule has 27 heavy (non-hydrogen) atoms. The Bertz CT molecular complexity index is 921. The van der Waals surface area contributed by atoms with Gasteiger partial charge in [0.2, 0.25) is 15.9 Å². The van der Waals surface area contributed by atoms with Gasteiger partial charge < -0.3 is 5.32 Å². The number of aryl methyl sites for hydroxylation is 3. The zero-order chi connectivity index (χ0) is 19.4. The molecule has 1 aliphatic heterocycles. The molecule has 0 spiro atoms. The minimum atomic E-state index is -3.17. The van der Waals surface area contributed by atoms with Crippen molar-refractivity contribution < 1.29 is 13.2 Å². The lowest BCUT2D eigenvalue weighted by atomic mass is 10.0. The van der Waals surface area contributed by atoms with Gasteiger partial charge in [-0.1, -0.05) is 18.2 Å². The van der Waals surface area contributed by atoms with Gasteiger partial charge >= 0.3 is 0 Å². The van der Waals surface area contributed by atoms with E-state index in [9.17, 15) is 13.2 Å². The Labute approximate surface area is 161 Å². The number of hydrogen-bond donors (Lipinski definition) is 1. The van der Waals surface area contributed by atoms with Crippen LogP contribution in [0.3, 0.4) is 0 Å². The normalized spacial score (nSPS) is 15.7. The average molecular weight is 387 g/mol. The van der Waals surface area contributed by atoms with Crippen LogP contribution in [0.4, 0.5) is 11.4 Å². The summed E-state index contributed by atoms with van der Waals surface area (Å²) in [5.41, 5.74) is 5.15. The molecule has 0 radical (unpaired) electrons. The van der Waals surface area contributed by atoms with Crippen molar-refractivity contribution in [3.05, 3.63) is 59.2 Å². The van der Waals surface area contributed by atoms with Crippen LogP contribution in [0, 0.1) is 13.8 Å². The Hall–Kier alpha value is -2.34. The summed E-state index contributed by atoms with van der Waals surface area (Å²) in [5.74, 6) is 0.173. The van der Waals surface area contributed by atoms with E-state index in [1.165, 1.54) is 21.0 Å². The minimum Gasteiger partial charge on any atom is -0.326 e. The zero-order valence-corrected chi connectivity index (χ0v) is 16.7. The summed E-state index contributed by atoms with van der Waals surface area (Å²) in [4.78, 5) is 12.2. The molecule has 0 saturated carbocycles. The van der Waals surface area contributed by atoms with Gasteiger partial charge in [-0.25, -0.2) is 8.42 Å². The topological polar surface area (TPSA) is 66.5 Å². The Balaban J connectivity index is 1.50. The third-order valence-electron chi connectivity index (χ3n) is 4.98. The van der Waals surface area contributed by atoms with Gasteiger partial charge in [-0.15, -0.1) is 0 Å². The van der Waals surface area contributed by atoms with Crippen LogP contribution in [-0.4, -0.2) is 26.6 Å². The van der Waals surface area contributed by atoms with Crippen LogP contribution >= 0.6 is 0 Å². The van der Waals surface area contributed by atoms with Crippen LogP contribution < -0.4 is 9.62 Å². The lowest BCUT2D eigenvalue weighted by Crippen LogP contribution is -2.24. The van der Waals surface area contributed by atoms with Crippen LogP contribution in [0.25, 0.3) is 0 Å². The molecule has 0 bridgehead atoms. The highest BCUT2D eigenvalue weighted by atomic mass is 32.2. The first-order chi connectivity index (χ1) is 12.8. The number of amides is 1. The molecule has 0 unspecified atom stereocenters. The van der Waals surface area contributed by atoms with Crippen molar-refractivity contribution in [2.45, 2.75) is 39.5 Å². The molecule has 0 aliphatic carbocycles. The molecule has 1 aliphatic rings. The molecule has 2 aromatic rings. The standard InChI is InChI=1S/C21H26N2O3S/c1-16-7-8-18(15-17(16)2)5-3-6-21(24)22-19-9-11-20(12-10-19)23-13-4-14-27(23,25)26/h7-12,15H,3-6,13-14H2,1-2H3,(H,22,24). The molecule has 1 N–H and O–H groups in total. The van der Waals surface area contributed by atoms with Crippen molar-refractivity contribution in [2.75, 3.05) is 21.9 Å². The van der Waals surface area contributed by atoms with Gasteiger partial charge in [0, 0.05) is 18.7 Å². The second-order valence-corrected chi connectivity index (χ2v) is 9.12. The summed E-state index contributed by atoms with van der Waals surface area (Å²) < 4.78 is 25.3. The molecule has 0 aromatic heterocycles. The highest BCUT2D eigenvalue weighted by Crippen LogP contribution is 2.25. The van der Waals surface area contributed by atoms with E-state index in [2.05, 4.69) is 37.4 Å². The van der Waals surface area contributed by atoms with Gasteiger partial charge in [0.1, 0.15) is 0 Å². The summed E-state index contributed by atoms with van der Waals surface area (Å²) in [6.45, 7) is 4.71. The largest absolute Gasteiger partial charge is 0.326 e. The molecule has 2 aromatic carbocycles. The number of hydrogen-bond acceptors (Lipinski definition) is 3. The molecule has 3 rings (SSSR count). The van der Waals surface area contributed by atoms with Gasteiger partial charge in [0.05, 0.1) is 11.4 Å². The third kappa shape index (κ3) is 4.89. The van der Waals surface area contributed by atoms with Crippen LogP contribution in [0.15, 0.2) is 42.5 Å². The first-order valence-corrected chi connectivity index (χ1v) is 10.9. The maximum Gasteiger partial charge on any atom is 0.235 e. The fourth-order valence-corrected chi connectivity index (χ4v) is 4.84. The van der Waals surface area contributed by atoms with Gasteiger partial charge in [-0.3, -0.25) is 9.10 Å². The van der Waals surface area contributed by atoms with Crippen LogP contribution in [-0.2, 0) is 21.2 Å². The van der Waals surface area contributed by atoms with Crippen LogP contribution in [0.5, 0.6) is 0 Å². The van der Waals surface area contributed by atoms with E-state index in [1.54, 1.807) is 24.3 Å². The highest BCUT2D eigenvalue weighted by molar-refractivity contribution is 7.93. The summed E-state index contributed by atoms with van der Waals surface area (Å²) in [6.07, 6.45) is 2.77. The molecule has 1 saturated heterocycles. The fraction of sp³-hybridized carbons (Fsp3) is 0.381. The molecule has 1 heterocycles. The molecule has 144 valence electrons. The second kappa shape index (κ2) is 8.13. The van der Waals surface area contributed by atoms with Gasteiger partial charge in [0.25, 0.3) is 0 Å². The summed E-state index contributed by atoms with van der Waals surface area (Å²) in [5, 5.41) is 2.88. The first kappa shape index (κ1) is 19.4. The summed E-state index contributed by atoms with van der Waals surface area (Å²) in [6, 6.07) is 13.4. The lowest BCUT2D eigenvalue weighted by Gasteiger charge is -2.17. The molecule has 1 amide bonds. The zero-order valence-electron chi connectivity index (χ0n) is 15.9. The van der Waals surface area contributed by atoms with Crippen molar-refractivity contribution in [1.82, 2.24) is 0 Å². The van der Waals surface area contributed by atoms with E-state index in [-0.39, 0.29) is 11.7 Å². The molecule has 1 fully saturated rings. The average Bonchev–Trinajstić information content (AvgIpc) is 2.98. The third-order valence-corrected chi connectivity index (χ3v) is 6.85. The number of carbonyl (C=O) groups excluding carboxylic acids is 1. The SMILES string of the molecule is Cc1ccc(CCCC(=O)Nc2ccc(N3CCCS3(=O)=O)cc2)cc1C. The van der Waals surface area contributed by atoms with E-state index in [0.717, 1.165) is 12.8 Å². The maximum atomic E-state index is 12.2. The predicted molar refractivity (Wildman–Crippen MR) is 110 cm³/mol. The van der Waals surface area contributed by atoms with Crippen molar-refractivity contribution in [1.29, 1.82) is 0 Å². The van der Waals surface area contributed by atoms with Gasteiger partial charge in [-0.05, 0) is 74.1 Å². The Kier molecular flexibility index (Phi) is 5.85. The van der Waals surface area contributed by atoms with E-state index < -0.39 is 10.0 Å². The predicted octanol–water partition coefficient (Wildman–Crippen LogP) is 3.80. The van der Waals surface area contributed by atoms with Crippen LogP contribution in [0.1, 0.15) is 36.0 Å². The molecular weight excluding hydrogens is 360 g/mol. The number of nitrogens with zero attached hydrogens (tertiary/aromatic N) is 1. The van der Waals surface area contributed by atoms with E-state index in [1.807, 2.05) is 0 Å². The second-order valence-electron chi connectivity index (χ2n) is 7.11. The summed E-state index contributed by atoms with van der Waals surface area (Å²) in [7, 11) is -3.17. The minimum absolute atomic E-state index is 0.0274. The Morgan fingerprint density at radius 3 is 2.44 bits per heavy atom. The molecular formula is C21H26N2O3S. The number of sulfonamides is 1. The van der Waals surface area contributed by atoms with Gasteiger partial charge in [0.15, 0.2) is 0 Å². The number of carbonyl (C=O) groups is 1. The first-order valence-electron chi connectivity index (χ1n) is 9.32. The molecule has 6 heteroatoms. The van der Waals surface area contributed by atoms with Crippen molar-refractivity contribution in [3.63, 3.8) is 0 Å². The lowest BCUT2D eigenvalue weighted by molar-refractivity contribution is -0.116. The smallest absolute Gasteiger partial charge is 0.235 e. The molecule has 0 atom stereocenters. The number of rotatable bonds is 6. The summed E-state index contributed by atoms with van der Waals surface area (Å²) >= 11 is 0. The number of benzene rings is 2. The molecule has 5 nitrogen and oxygen atoms in total. The monoisotopic (exact) mass is 386 g/mol. The number of nitrogens with one attached hydrogen (secondary N) is 1. The van der Waals surface area contributed by atoms with E-state index >= 15 is 0 Å². The van der Waals surface area contributed by atoms with E-state index in [0.29, 0.717) is 30.8 Å². The van der Waals surface area contributed by atoms with Crippen LogP contribution in [0.2, 0.25) is 0 Å². The quantitative estimate of drug-likeness (QED) is 0.821. The Morgan fingerprint density at radius 2 is 1.81 bits per heavy atom. The van der Waals surface area contributed by atoms with Crippen molar-refractivity contribution >= 4 is 27.3 Å². The highest BCUT2D eigenvalue weighted by Gasteiger charge is 2.28. The van der Waals surface area contributed by atoms with Crippen molar-refractivity contribution in [3.8, 4) is 0 Å². The van der Waals surface area contributed by atoms with Gasteiger partial charge in [-0.2, -0.15) is 0 Å². The maximum absolute atomic E-state index is 12.2. The number of anilines is 2. The van der Waals surface area contributed by atoms with E-state index in [4.69, 9.17) is 0 Å².